The zero-order valence-electron chi connectivity index (χ0n) is 11.0. The molecule has 0 saturated carbocycles. The molecule has 0 bridgehead atoms. The summed E-state index contributed by atoms with van der Waals surface area (Å²) >= 11 is 0. The lowest BCUT2D eigenvalue weighted by Gasteiger charge is -2.21. The maximum Gasteiger partial charge on any atom is 0.227 e. The molecule has 3 rings (SSSR count). The Balaban J connectivity index is 1.74. The van der Waals surface area contributed by atoms with Gasteiger partial charge in [-0.15, -0.1) is 0 Å². The highest BCUT2D eigenvalue weighted by molar-refractivity contribution is 5.94. The van der Waals surface area contributed by atoms with Crippen molar-refractivity contribution in [2.24, 2.45) is 5.92 Å². The number of H-pyrrole nitrogens is 1. The first-order valence-electron chi connectivity index (χ1n) is 6.70. The third-order valence-corrected chi connectivity index (χ3v) is 3.58. The van der Waals surface area contributed by atoms with Gasteiger partial charge >= 0.3 is 0 Å². The minimum atomic E-state index is 0.122. The number of hydrogen-bond acceptors (Lipinski definition) is 3. The van der Waals surface area contributed by atoms with Gasteiger partial charge in [-0.1, -0.05) is 0 Å². The number of nitrogens with one attached hydrogen (secondary N) is 3. The zero-order valence-corrected chi connectivity index (χ0v) is 11.0. The molecule has 1 aliphatic heterocycles. The average Bonchev–Trinajstić information content (AvgIpc) is 2.79. The van der Waals surface area contributed by atoms with Crippen LogP contribution in [0, 0.1) is 12.8 Å². The molecular formula is C14H18N4O. The normalized spacial score (nSPS) is 16.7. The largest absolute Gasteiger partial charge is 0.342 e. The van der Waals surface area contributed by atoms with Crippen LogP contribution in [0.15, 0.2) is 18.2 Å². The number of imidazole rings is 1. The second-order valence-corrected chi connectivity index (χ2v) is 5.07. The standard InChI is InChI=1S/C14H18N4O/c1-9-16-12-3-2-11(8-13(12)17-9)18-14(19)10-4-6-15-7-5-10/h2-3,8,10,15H,4-7H2,1H3,(H,16,17)(H,18,19). The van der Waals surface area contributed by atoms with Crippen molar-refractivity contribution >= 4 is 22.6 Å². The Labute approximate surface area is 111 Å². The summed E-state index contributed by atoms with van der Waals surface area (Å²) in [7, 11) is 0. The van der Waals surface area contributed by atoms with E-state index in [1.807, 2.05) is 25.1 Å². The van der Waals surface area contributed by atoms with Gasteiger partial charge in [-0.2, -0.15) is 0 Å². The lowest BCUT2D eigenvalue weighted by molar-refractivity contribution is -0.120. The number of nitrogens with zero attached hydrogens (tertiary/aromatic N) is 1. The van der Waals surface area contributed by atoms with Gasteiger partial charge in [-0.25, -0.2) is 4.98 Å². The van der Waals surface area contributed by atoms with Crippen molar-refractivity contribution in [1.29, 1.82) is 0 Å². The summed E-state index contributed by atoms with van der Waals surface area (Å²) in [4.78, 5) is 19.7. The number of carbonyl (C=O) groups excluding carboxylic acids is 1. The summed E-state index contributed by atoms with van der Waals surface area (Å²) in [6, 6.07) is 5.77. The topological polar surface area (TPSA) is 69.8 Å². The Bertz CT molecular complexity index is 599. The van der Waals surface area contributed by atoms with E-state index in [0.29, 0.717) is 0 Å². The summed E-state index contributed by atoms with van der Waals surface area (Å²) in [5, 5.41) is 6.27. The second-order valence-electron chi connectivity index (χ2n) is 5.07. The van der Waals surface area contributed by atoms with Crippen LogP contribution in [0.25, 0.3) is 11.0 Å². The molecule has 100 valence electrons. The molecule has 2 aromatic rings. The highest BCUT2D eigenvalue weighted by Crippen LogP contribution is 2.19. The minimum absolute atomic E-state index is 0.122. The summed E-state index contributed by atoms with van der Waals surface area (Å²) < 4.78 is 0. The molecule has 1 amide bonds. The maximum atomic E-state index is 12.1. The van der Waals surface area contributed by atoms with Gasteiger partial charge in [0.25, 0.3) is 0 Å². The van der Waals surface area contributed by atoms with Crippen LogP contribution in [0.3, 0.4) is 0 Å². The fourth-order valence-corrected chi connectivity index (χ4v) is 2.54. The summed E-state index contributed by atoms with van der Waals surface area (Å²) in [6.07, 6.45) is 1.83. The molecular weight excluding hydrogens is 240 g/mol. The van der Waals surface area contributed by atoms with Crippen LogP contribution in [0.1, 0.15) is 18.7 Å². The van der Waals surface area contributed by atoms with Gasteiger partial charge in [-0.05, 0) is 51.1 Å². The third kappa shape index (κ3) is 2.61. The number of aromatic nitrogens is 2. The molecule has 2 heterocycles. The Kier molecular flexibility index (Phi) is 3.21. The molecule has 1 aromatic carbocycles. The highest BCUT2D eigenvalue weighted by Gasteiger charge is 2.20. The number of aryl methyl sites for hydroxylation is 1. The highest BCUT2D eigenvalue weighted by atomic mass is 16.1. The van der Waals surface area contributed by atoms with Gasteiger partial charge < -0.3 is 15.6 Å². The fraction of sp³-hybridized carbons (Fsp3) is 0.429. The fourth-order valence-electron chi connectivity index (χ4n) is 2.54. The number of anilines is 1. The molecule has 0 aliphatic carbocycles. The second kappa shape index (κ2) is 5.01. The first kappa shape index (κ1) is 12.2. The predicted molar refractivity (Wildman–Crippen MR) is 75.1 cm³/mol. The summed E-state index contributed by atoms with van der Waals surface area (Å²) in [5.74, 6) is 1.13. The van der Waals surface area contributed by atoms with E-state index in [4.69, 9.17) is 0 Å². The number of piperidine rings is 1. The van der Waals surface area contributed by atoms with E-state index < -0.39 is 0 Å². The van der Waals surface area contributed by atoms with E-state index in [1.54, 1.807) is 0 Å². The molecule has 1 saturated heterocycles. The number of aromatic amines is 1. The van der Waals surface area contributed by atoms with Crippen molar-refractivity contribution in [3.05, 3.63) is 24.0 Å². The van der Waals surface area contributed by atoms with Crippen molar-refractivity contribution in [2.45, 2.75) is 19.8 Å². The van der Waals surface area contributed by atoms with Crippen LogP contribution < -0.4 is 10.6 Å². The van der Waals surface area contributed by atoms with E-state index in [-0.39, 0.29) is 11.8 Å². The van der Waals surface area contributed by atoms with Crippen molar-refractivity contribution in [1.82, 2.24) is 15.3 Å². The van der Waals surface area contributed by atoms with Crippen molar-refractivity contribution in [3.8, 4) is 0 Å². The molecule has 0 radical (unpaired) electrons. The Morgan fingerprint density at radius 1 is 1.37 bits per heavy atom. The Morgan fingerprint density at radius 2 is 2.16 bits per heavy atom. The van der Waals surface area contributed by atoms with Gasteiger partial charge in [0.05, 0.1) is 11.0 Å². The van der Waals surface area contributed by atoms with Gasteiger partial charge in [0.1, 0.15) is 5.82 Å². The average molecular weight is 258 g/mol. The molecule has 0 atom stereocenters. The number of carbonyl (C=O) groups is 1. The SMILES string of the molecule is Cc1nc2ccc(NC(=O)C3CCNCC3)cc2[nH]1. The minimum Gasteiger partial charge on any atom is -0.342 e. The lowest BCUT2D eigenvalue weighted by atomic mass is 9.97. The number of fused-ring (bicyclic) bond motifs is 1. The molecule has 1 aromatic heterocycles. The first-order chi connectivity index (χ1) is 9.22. The van der Waals surface area contributed by atoms with Crippen LogP contribution in [-0.2, 0) is 4.79 Å². The smallest absolute Gasteiger partial charge is 0.227 e. The molecule has 1 fully saturated rings. The number of benzene rings is 1. The molecule has 0 spiro atoms. The van der Waals surface area contributed by atoms with Crippen LogP contribution in [0.5, 0.6) is 0 Å². The first-order valence-corrected chi connectivity index (χ1v) is 6.70. The predicted octanol–water partition coefficient (Wildman–Crippen LogP) is 1.81. The van der Waals surface area contributed by atoms with Gasteiger partial charge in [0.15, 0.2) is 0 Å². The zero-order chi connectivity index (χ0) is 13.2. The molecule has 5 heteroatoms. The number of rotatable bonds is 2. The Hall–Kier alpha value is -1.88. The number of amides is 1. The quantitative estimate of drug-likeness (QED) is 0.769. The molecule has 1 aliphatic rings. The van der Waals surface area contributed by atoms with Crippen molar-refractivity contribution in [2.75, 3.05) is 18.4 Å². The van der Waals surface area contributed by atoms with Crippen LogP contribution >= 0.6 is 0 Å². The van der Waals surface area contributed by atoms with E-state index >= 15 is 0 Å². The molecule has 3 N–H and O–H groups in total. The van der Waals surface area contributed by atoms with E-state index in [1.165, 1.54) is 0 Å². The van der Waals surface area contributed by atoms with Crippen molar-refractivity contribution in [3.63, 3.8) is 0 Å². The third-order valence-electron chi connectivity index (χ3n) is 3.58. The summed E-state index contributed by atoms with van der Waals surface area (Å²) in [6.45, 7) is 3.78. The van der Waals surface area contributed by atoms with Gasteiger partial charge in [0, 0.05) is 11.6 Å². The summed E-state index contributed by atoms with van der Waals surface area (Å²) in [5.41, 5.74) is 2.72. The molecule has 5 nitrogen and oxygen atoms in total. The Morgan fingerprint density at radius 3 is 2.95 bits per heavy atom. The maximum absolute atomic E-state index is 12.1. The van der Waals surface area contributed by atoms with E-state index in [2.05, 4.69) is 20.6 Å². The van der Waals surface area contributed by atoms with Crippen LogP contribution in [0.2, 0.25) is 0 Å². The van der Waals surface area contributed by atoms with Gasteiger partial charge in [0.2, 0.25) is 5.91 Å². The van der Waals surface area contributed by atoms with Gasteiger partial charge in [-0.3, -0.25) is 4.79 Å². The van der Waals surface area contributed by atoms with Crippen LogP contribution in [0.4, 0.5) is 5.69 Å². The van der Waals surface area contributed by atoms with E-state index in [0.717, 1.165) is 48.5 Å². The van der Waals surface area contributed by atoms with E-state index in [9.17, 15) is 4.79 Å². The monoisotopic (exact) mass is 258 g/mol. The van der Waals surface area contributed by atoms with Crippen LogP contribution in [-0.4, -0.2) is 29.0 Å². The molecule has 0 unspecified atom stereocenters. The lowest BCUT2D eigenvalue weighted by Crippen LogP contribution is -2.34. The van der Waals surface area contributed by atoms with Crippen molar-refractivity contribution < 1.29 is 4.79 Å². The number of hydrogen-bond donors (Lipinski definition) is 3. The molecule has 19 heavy (non-hydrogen) atoms.